The summed E-state index contributed by atoms with van der Waals surface area (Å²) in [6.45, 7) is 0. The summed E-state index contributed by atoms with van der Waals surface area (Å²) in [5, 5.41) is 3.93. The Morgan fingerprint density at radius 3 is 1.70 bits per heavy atom. The van der Waals surface area contributed by atoms with Gasteiger partial charge in [0.15, 0.2) is 11.6 Å². The van der Waals surface area contributed by atoms with Crippen LogP contribution in [0, 0.1) is 0 Å². The molecule has 0 spiro atoms. The van der Waals surface area contributed by atoms with Gasteiger partial charge in [-0.2, -0.15) is 0 Å². The molecule has 5 aromatic rings. The van der Waals surface area contributed by atoms with Gasteiger partial charge < -0.3 is 0 Å². The van der Waals surface area contributed by atoms with E-state index in [1.165, 1.54) is 0 Å². The van der Waals surface area contributed by atoms with Crippen LogP contribution in [0.5, 0.6) is 0 Å². The molecule has 5 rings (SSSR count). The van der Waals surface area contributed by atoms with Crippen LogP contribution in [-0.2, 0) is 0 Å². The fourth-order valence-electron chi connectivity index (χ4n) is 4.00. The molecule has 0 bridgehead atoms. The first-order valence-electron chi connectivity index (χ1n) is 9.88. The molecule has 0 aliphatic rings. The number of hydrogen-bond acceptors (Lipinski definition) is 2. The van der Waals surface area contributed by atoms with Crippen molar-refractivity contribution < 1.29 is 9.59 Å². The SMILES string of the molecule is O=C(c1ccccc1)c1ccc2c(ccc3ccccc32)c1C(=O)c1ccccc1. The van der Waals surface area contributed by atoms with Crippen LogP contribution in [0.15, 0.2) is 109 Å². The van der Waals surface area contributed by atoms with Crippen LogP contribution in [0.1, 0.15) is 31.8 Å². The average Bonchev–Trinajstić information content (AvgIpc) is 2.83. The predicted octanol–water partition coefficient (Wildman–Crippen LogP) is 6.46. The van der Waals surface area contributed by atoms with Crippen molar-refractivity contribution in [3.8, 4) is 0 Å². The van der Waals surface area contributed by atoms with Crippen molar-refractivity contribution in [1.82, 2.24) is 0 Å². The molecule has 0 atom stereocenters. The third-order valence-electron chi connectivity index (χ3n) is 5.47. The van der Waals surface area contributed by atoms with Gasteiger partial charge in [0.05, 0.1) is 0 Å². The van der Waals surface area contributed by atoms with Gasteiger partial charge in [0.2, 0.25) is 0 Å². The zero-order valence-electron chi connectivity index (χ0n) is 16.2. The Bertz CT molecular complexity index is 1400. The normalized spacial score (nSPS) is 10.9. The molecule has 0 saturated heterocycles. The molecule has 30 heavy (non-hydrogen) atoms. The van der Waals surface area contributed by atoms with Gasteiger partial charge in [-0.25, -0.2) is 0 Å². The van der Waals surface area contributed by atoms with E-state index in [1.807, 2.05) is 72.8 Å². The Morgan fingerprint density at radius 2 is 1.00 bits per heavy atom. The number of ketones is 2. The maximum absolute atomic E-state index is 13.6. The first-order valence-corrected chi connectivity index (χ1v) is 9.88. The van der Waals surface area contributed by atoms with E-state index in [0.29, 0.717) is 22.3 Å². The van der Waals surface area contributed by atoms with Crippen LogP contribution in [0.4, 0.5) is 0 Å². The number of carbonyl (C=O) groups is 2. The standard InChI is InChI=1S/C28H18O2/c29-27(20-10-3-1-4-11-20)25-18-17-23-22-14-8-7-9-19(22)15-16-24(23)26(25)28(30)21-12-5-2-6-13-21/h1-18H. The van der Waals surface area contributed by atoms with Gasteiger partial charge in [0, 0.05) is 22.3 Å². The molecule has 2 heteroatoms. The quantitative estimate of drug-likeness (QED) is 0.262. The lowest BCUT2D eigenvalue weighted by molar-refractivity contribution is 0.100. The molecular formula is C28H18O2. The third-order valence-corrected chi connectivity index (χ3v) is 5.47. The lowest BCUT2D eigenvalue weighted by Crippen LogP contribution is -2.12. The molecular weight excluding hydrogens is 368 g/mol. The lowest BCUT2D eigenvalue weighted by Gasteiger charge is -2.14. The summed E-state index contributed by atoms with van der Waals surface area (Å²) in [5.41, 5.74) is 2.02. The van der Waals surface area contributed by atoms with E-state index in [2.05, 4.69) is 6.07 Å². The molecule has 0 aliphatic carbocycles. The van der Waals surface area contributed by atoms with E-state index < -0.39 is 0 Å². The molecule has 0 radical (unpaired) electrons. The van der Waals surface area contributed by atoms with E-state index in [1.54, 1.807) is 30.3 Å². The number of benzene rings is 5. The van der Waals surface area contributed by atoms with E-state index in [9.17, 15) is 9.59 Å². The Labute approximate surface area is 174 Å². The van der Waals surface area contributed by atoms with E-state index >= 15 is 0 Å². The van der Waals surface area contributed by atoms with Crippen molar-refractivity contribution in [1.29, 1.82) is 0 Å². The summed E-state index contributed by atoms with van der Waals surface area (Å²) in [5.74, 6) is -0.291. The molecule has 0 fully saturated rings. The smallest absolute Gasteiger partial charge is 0.194 e. The van der Waals surface area contributed by atoms with Gasteiger partial charge in [-0.05, 0) is 27.6 Å². The Morgan fingerprint density at radius 1 is 0.433 bits per heavy atom. The molecule has 2 nitrogen and oxygen atoms in total. The van der Waals surface area contributed by atoms with Gasteiger partial charge in [-0.1, -0.05) is 103 Å². The Kier molecular flexibility index (Phi) is 4.45. The predicted molar refractivity (Wildman–Crippen MR) is 121 cm³/mol. The van der Waals surface area contributed by atoms with Crippen LogP contribution >= 0.6 is 0 Å². The number of carbonyl (C=O) groups excluding carboxylic acids is 2. The molecule has 0 aliphatic heterocycles. The maximum atomic E-state index is 13.6. The summed E-state index contributed by atoms with van der Waals surface area (Å²) in [4.78, 5) is 27.0. The average molecular weight is 386 g/mol. The summed E-state index contributed by atoms with van der Waals surface area (Å²) in [7, 11) is 0. The lowest BCUT2D eigenvalue weighted by atomic mass is 9.87. The number of rotatable bonds is 4. The highest BCUT2D eigenvalue weighted by atomic mass is 16.1. The first kappa shape index (κ1) is 18.0. The summed E-state index contributed by atoms with van der Waals surface area (Å²) in [6, 6.07) is 34.0. The Balaban J connectivity index is 1.83. The monoisotopic (exact) mass is 386 g/mol. The maximum Gasteiger partial charge on any atom is 0.194 e. The minimum absolute atomic E-state index is 0.143. The zero-order valence-corrected chi connectivity index (χ0v) is 16.2. The minimum atomic E-state index is -0.148. The molecule has 0 N–H and O–H groups in total. The fraction of sp³-hybridized carbons (Fsp3) is 0. The van der Waals surface area contributed by atoms with E-state index in [0.717, 1.165) is 21.5 Å². The summed E-state index contributed by atoms with van der Waals surface area (Å²) in [6.07, 6.45) is 0. The second-order valence-electron chi connectivity index (χ2n) is 7.26. The van der Waals surface area contributed by atoms with Crippen molar-refractivity contribution in [3.63, 3.8) is 0 Å². The van der Waals surface area contributed by atoms with Crippen LogP contribution in [0.25, 0.3) is 21.5 Å². The third kappa shape index (κ3) is 2.99. The molecule has 0 amide bonds. The highest BCUT2D eigenvalue weighted by molar-refractivity contribution is 6.26. The van der Waals surface area contributed by atoms with Crippen molar-refractivity contribution in [2.45, 2.75) is 0 Å². The van der Waals surface area contributed by atoms with Gasteiger partial charge in [0.25, 0.3) is 0 Å². The van der Waals surface area contributed by atoms with Crippen molar-refractivity contribution in [3.05, 3.63) is 131 Å². The largest absolute Gasteiger partial charge is 0.289 e. The van der Waals surface area contributed by atoms with Crippen molar-refractivity contribution in [2.24, 2.45) is 0 Å². The van der Waals surface area contributed by atoms with Gasteiger partial charge in [-0.15, -0.1) is 0 Å². The number of fused-ring (bicyclic) bond motifs is 3. The van der Waals surface area contributed by atoms with Gasteiger partial charge in [-0.3, -0.25) is 9.59 Å². The topological polar surface area (TPSA) is 34.1 Å². The second-order valence-corrected chi connectivity index (χ2v) is 7.26. The highest BCUT2D eigenvalue weighted by Crippen LogP contribution is 2.32. The molecule has 0 aromatic heterocycles. The zero-order chi connectivity index (χ0) is 20.5. The van der Waals surface area contributed by atoms with Crippen LogP contribution in [0.3, 0.4) is 0 Å². The van der Waals surface area contributed by atoms with Gasteiger partial charge in [0.1, 0.15) is 0 Å². The highest BCUT2D eigenvalue weighted by Gasteiger charge is 2.22. The second kappa shape index (κ2) is 7.41. The molecule has 0 heterocycles. The Hall–Kier alpha value is -4.04. The van der Waals surface area contributed by atoms with Crippen molar-refractivity contribution >= 4 is 33.1 Å². The van der Waals surface area contributed by atoms with Crippen molar-refractivity contribution in [2.75, 3.05) is 0 Å². The molecule has 5 aromatic carbocycles. The minimum Gasteiger partial charge on any atom is -0.289 e. The van der Waals surface area contributed by atoms with E-state index in [-0.39, 0.29) is 11.6 Å². The number of hydrogen-bond donors (Lipinski definition) is 0. The van der Waals surface area contributed by atoms with Crippen LogP contribution in [0.2, 0.25) is 0 Å². The van der Waals surface area contributed by atoms with E-state index in [4.69, 9.17) is 0 Å². The fourth-order valence-corrected chi connectivity index (χ4v) is 4.00. The summed E-state index contributed by atoms with van der Waals surface area (Å²) >= 11 is 0. The first-order chi connectivity index (χ1) is 14.7. The van der Waals surface area contributed by atoms with Crippen LogP contribution in [-0.4, -0.2) is 11.6 Å². The van der Waals surface area contributed by atoms with Crippen LogP contribution < -0.4 is 0 Å². The summed E-state index contributed by atoms with van der Waals surface area (Å²) < 4.78 is 0. The molecule has 0 unspecified atom stereocenters. The molecule has 142 valence electrons. The molecule has 0 saturated carbocycles. The van der Waals surface area contributed by atoms with Gasteiger partial charge >= 0.3 is 0 Å².